The fraction of sp³-hybridized carbons (Fsp3) is 0.318. The molecule has 1 saturated heterocycles. The summed E-state index contributed by atoms with van der Waals surface area (Å²) in [4.78, 5) is 14.9. The Bertz CT molecular complexity index is 1470. The van der Waals surface area contributed by atoms with Gasteiger partial charge in [-0.15, -0.1) is 0 Å². The van der Waals surface area contributed by atoms with Gasteiger partial charge < -0.3 is 9.88 Å². The Hall–Kier alpha value is -3.17. The molecule has 164 valence electrons. The Morgan fingerprint density at radius 3 is 2.81 bits per heavy atom. The fourth-order valence-corrected chi connectivity index (χ4v) is 4.97. The first kappa shape index (κ1) is 19.5. The van der Waals surface area contributed by atoms with Gasteiger partial charge in [0.05, 0.1) is 15.9 Å². The number of nitrogens with zero attached hydrogens (tertiary/aromatic N) is 6. The minimum Gasteiger partial charge on any atom is -0.345 e. The van der Waals surface area contributed by atoms with Crippen LogP contribution in [0.5, 0.6) is 0 Å². The first-order chi connectivity index (χ1) is 15.5. The number of imidazole rings is 1. The van der Waals surface area contributed by atoms with Crippen LogP contribution >= 0.6 is 11.6 Å². The van der Waals surface area contributed by atoms with Gasteiger partial charge in [-0.25, -0.2) is 9.37 Å². The number of hydrogen-bond acceptors (Lipinski definition) is 5. The van der Waals surface area contributed by atoms with Gasteiger partial charge in [0.15, 0.2) is 11.4 Å². The molecule has 4 aromatic heterocycles. The Morgan fingerprint density at radius 1 is 1.22 bits per heavy atom. The molecular formula is C22H22ClFN8. The van der Waals surface area contributed by atoms with Crippen LogP contribution in [0.4, 0.5) is 10.3 Å². The van der Waals surface area contributed by atoms with Crippen LogP contribution in [-0.4, -0.2) is 55.1 Å². The average molecular weight is 453 g/mol. The third-order valence-electron chi connectivity index (χ3n) is 6.47. The predicted molar refractivity (Wildman–Crippen MR) is 124 cm³/mol. The largest absolute Gasteiger partial charge is 0.345 e. The normalized spacial score (nSPS) is 16.6. The van der Waals surface area contributed by atoms with E-state index in [1.807, 2.05) is 42.2 Å². The van der Waals surface area contributed by atoms with E-state index in [1.54, 1.807) is 17.9 Å². The smallest absolute Gasteiger partial charge is 0.213 e. The van der Waals surface area contributed by atoms with Crippen molar-refractivity contribution in [2.75, 3.05) is 25.0 Å². The number of aromatic nitrogens is 6. The maximum absolute atomic E-state index is 14.6. The summed E-state index contributed by atoms with van der Waals surface area (Å²) in [5, 5.41) is 9.68. The van der Waals surface area contributed by atoms with Gasteiger partial charge in [0, 0.05) is 74.3 Å². The maximum Gasteiger partial charge on any atom is 0.213 e. The van der Waals surface area contributed by atoms with Crippen molar-refractivity contribution in [2.45, 2.75) is 18.6 Å². The maximum atomic E-state index is 14.6. The second kappa shape index (κ2) is 6.91. The van der Waals surface area contributed by atoms with Crippen LogP contribution in [0, 0.1) is 0 Å². The highest BCUT2D eigenvalue weighted by Gasteiger charge is 2.34. The molecule has 5 heterocycles. The zero-order valence-electron chi connectivity index (χ0n) is 17.7. The van der Waals surface area contributed by atoms with Crippen LogP contribution in [-0.2, 0) is 7.05 Å². The van der Waals surface area contributed by atoms with E-state index in [1.165, 1.54) is 0 Å². The summed E-state index contributed by atoms with van der Waals surface area (Å²) in [5.41, 5.74) is 4.19. The number of aromatic amines is 1. The number of benzene rings is 1. The minimum atomic E-state index is -1.32. The lowest BCUT2D eigenvalue weighted by Crippen LogP contribution is -2.49. The molecule has 2 N–H and O–H groups in total. The summed E-state index contributed by atoms with van der Waals surface area (Å²) in [6.07, 6.45) is 8.30. The van der Waals surface area contributed by atoms with Gasteiger partial charge in [0.25, 0.3) is 0 Å². The van der Waals surface area contributed by atoms with E-state index in [0.29, 0.717) is 31.0 Å². The van der Waals surface area contributed by atoms with Crippen LogP contribution in [0.2, 0.25) is 5.02 Å². The number of hydrogen-bond donors (Lipinski definition) is 2. The van der Waals surface area contributed by atoms with E-state index >= 15 is 0 Å². The molecule has 32 heavy (non-hydrogen) atoms. The number of alkyl halides is 1. The molecule has 1 aliphatic rings. The lowest BCUT2D eigenvalue weighted by molar-refractivity contribution is 0.0922. The van der Waals surface area contributed by atoms with Crippen LogP contribution < -0.4 is 10.2 Å². The molecule has 0 radical (unpaired) electrons. The molecule has 0 amide bonds. The molecule has 6 rings (SSSR count). The molecule has 0 spiro atoms. The van der Waals surface area contributed by atoms with Crippen molar-refractivity contribution in [1.29, 1.82) is 0 Å². The highest BCUT2D eigenvalue weighted by molar-refractivity contribution is 6.38. The molecule has 8 nitrogen and oxygen atoms in total. The number of aryl methyl sites for hydroxylation is 1. The predicted octanol–water partition coefficient (Wildman–Crippen LogP) is 3.90. The molecule has 10 heteroatoms. The van der Waals surface area contributed by atoms with Crippen LogP contribution in [0.1, 0.15) is 12.8 Å². The minimum absolute atomic E-state index is 0.399. The van der Waals surface area contributed by atoms with Gasteiger partial charge in [-0.05, 0) is 13.1 Å². The van der Waals surface area contributed by atoms with Crippen LogP contribution in [0.25, 0.3) is 38.7 Å². The number of rotatable bonds is 3. The van der Waals surface area contributed by atoms with Crippen molar-refractivity contribution in [3.63, 3.8) is 0 Å². The molecule has 0 saturated carbocycles. The highest BCUT2D eigenvalue weighted by Crippen LogP contribution is 2.39. The van der Waals surface area contributed by atoms with Crippen LogP contribution in [0.15, 0.2) is 36.9 Å². The zero-order chi connectivity index (χ0) is 22.0. The quantitative estimate of drug-likeness (QED) is 0.406. The molecule has 1 aliphatic heterocycles. The van der Waals surface area contributed by atoms with Gasteiger partial charge in [-0.2, -0.15) is 10.1 Å². The second-order valence-corrected chi connectivity index (χ2v) is 8.70. The van der Waals surface area contributed by atoms with Crippen molar-refractivity contribution in [3.05, 3.63) is 41.9 Å². The van der Waals surface area contributed by atoms with Crippen molar-refractivity contribution >= 4 is 45.1 Å². The van der Waals surface area contributed by atoms with Crippen molar-refractivity contribution in [1.82, 2.24) is 34.4 Å². The zero-order valence-corrected chi connectivity index (χ0v) is 18.5. The number of piperidine rings is 1. The Labute approximate surface area is 188 Å². The van der Waals surface area contributed by atoms with Gasteiger partial charge in [0.2, 0.25) is 5.95 Å². The average Bonchev–Trinajstić information content (AvgIpc) is 3.51. The summed E-state index contributed by atoms with van der Waals surface area (Å²) >= 11 is 6.80. The van der Waals surface area contributed by atoms with Gasteiger partial charge in [-0.3, -0.25) is 14.4 Å². The number of fused-ring (bicyclic) bond motifs is 4. The molecule has 0 aliphatic carbocycles. The summed E-state index contributed by atoms with van der Waals surface area (Å²) in [5.74, 6) is -0.569. The number of nitrogens with one attached hydrogen (secondary N) is 2. The molecular weight excluding hydrogens is 431 g/mol. The summed E-state index contributed by atoms with van der Waals surface area (Å²) < 4.78 is 18.4. The van der Waals surface area contributed by atoms with Crippen LogP contribution in [0.3, 0.4) is 0 Å². The molecule has 1 aromatic carbocycles. The standard InChI is InChI=1S/C22H22ClFN8/c1-25-22(24)5-8-31(9-6-22)21-28-19-17(20-26-7-10-32(20)21)14(11-27-19)13-3-4-16-15(18(13)23)12-30(2)29-16/h3-4,7,10-12,25,27H,5-6,8-9H2,1-2H3. The highest BCUT2D eigenvalue weighted by atomic mass is 35.5. The first-order valence-electron chi connectivity index (χ1n) is 10.6. The molecule has 0 atom stereocenters. The van der Waals surface area contributed by atoms with E-state index < -0.39 is 5.79 Å². The van der Waals surface area contributed by atoms with Crippen molar-refractivity contribution in [3.8, 4) is 11.1 Å². The number of H-pyrrole nitrogens is 1. The third-order valence-corrected chi connectivity index (χ3v) is 6.87. The first-order valence-corrected chi connectivity index (χ1v) is 10.9. The lowest BCUT2D eigenvalue weighted by Gasteiger charge is -2.36. The van der Waals surface area contributed by atoms with Gasteiger partial charge in [0.1, 0.15) is 5.65 Å². The fourth-order valence-electron chi connectivity index (χ4n) is 4.66. The Kier molecular flexibility index (Phi) is 4.22. The molecule has 5 aromatic rings. The second-order valence-electron chi connectivity index (χ2n) is 8.32. The van der Waals surface area contributed by atoms with Crippen molar-refractivity contribution in [2.24, 2.45) is 7.05 Å². The van der Waals surface area contributed by atoms with Gasteiger partial charge in [-0.1, -0.05) is 17.7 Å². The van der Waals surface area contributed by atoms with E-state index in [4.69, 9.17) is 16.6 Å². The Balaban J connectivity index is 1.50. The van der Waals surface area contributed by atoms with Crippen molar-refractivity contribution < 1.29 is 4.39 Å². The molecule has 1 fully saturated rings. The molecule has 0 bridgehead atoms. The Morgan fingerprint density at radius 2 is 2.03 bits per heavy atom. The van der Waals surface area contributed by atoms with E-state index in [0.717, 1.165) is 44.7 Å². The molecule has 0 unspecified atom stereocenters. The topological polar surface area (TPSA) is 79.1 Å². The summed E-state index contributed by atoms with van der Waals surface area (Å²) in [7, 11) is 3.55. The number of anilines is 1. The van der Waals surface area contributed by atoms with E-state index in [2.05, 4.69) is 25.3 Å². The van der Waals surface area contributed by atoms with Gasteiger partial charge >= 0.3 is 0 Å². The van der Waals surface area contributed by atoms with E-state index in [9.17, 15) is 4.39 Å². The number of halogens is 2. The summed E-state index contributed by atoms with van der Waals surface area (Å²) in [6.45, 7) is 1.14. The van der Waals surface area contributed by atoms with E-state index in [-0.39, 0.29) is 0 Å². The lowest BCUT2D eigenvalue weighted by atomic mass is 10.0. The monoisotopic (exact) mass is 452 g/mol. The third kappa shape index (κ3) is 2.81. The summed E-state index contributed by atoms with van der Waals surface area (Å²) in [6, 6.07) is 3.95. The SMILES string of the molecule is CNC1(F)CCN(c2nc3[nH]cc(-c4ccc5nn(C)cc5c4Cl)c3c3nccn23)CC1.